The molecule has 3 N–H and O–H groups in total. The molecule has 82 valence electrons. The molecule has 0 unspecified atom stereocenters. The van der Waals surface area contributed by atoms with E-state index < -0.39 is 0 Å². The number of nitrogen functional groups attached to an aromatic ring is 1. The number of anilines is 2. The molecular formula is C10H11N5S. The number of nitrogens with zero attached hydrogens (tertiary/aromatic N) is 3. The molecule has 2 heterocycles. The first-order valence-electron chi connectivity index (χ1n) is 5.07. The Bertz CT molecular complexity index is 548. The van der Waals surface area contributed by atoms with Crippen LogP contribution in [0, 0.1) is 0 Å². The number of thiazole rings is 1. The lowest BCUT2D eigenvalue weighted by atomic mass is 10.00. The molecule has 1 aliphatic carbocycles. The molecule has 2 aromatic heterocycles. The molecule has 0 atom stereocenters. The number of aromatic nitrogens is 3. The third kappa shape index (κ3) is 1.34. The SMILES string of the molecule is CNc1ncc2c(n1)-c1sc(N)nc1CC2. The lowest BCUT2D eigenvalue weighted by Crippen LogP contribution is -2.07. The lowest BCUT2D eigenvalue weighted by Gasteiger charge is -2.13. The third-order valence-electron chi connectivity index (χ3n) is 2.65. The second-order valence-corrected chi connectivity index (χ2v) is 4.68. The maximum absolute atomic E-state index is 5.73. The fourth-order valence-electron chi connectivity index (χ4n) is 1.88. The molecule has 0 aliphatic heterocycles. The van der Waals surface area contributed by atoms with Crippen LogP contribution >= 0.6 is 11.3 Å². The number of hydrogen-bond acceptors (Lipinski definition) is 6. The number of nitrogens with one attached hydrogen (secondary N) is 1. The monoisotopic (exact) mass is 233 g/mol. The van der Waals surface area contributed by atoms with Gasteiger partial charge in [0.25, 0.3) is 0 Å². The lowest BCUT2D eigenvalue weighted by molar-refractivity contribution is 0.889. The summed E-state index contributed by atoms with van der Waals surface area (Å²) in [6.45, 7) is 0. The number of nitrogens with two attached hydrogens (primary N) is 1. The van der Waals surface area contributed by atoms with Crippen LogP contribution in [0.5, 0.6) is 0 Å². The van der Waals surface area contributed by atoms with E-state index in [1.807, 2.05) is 13.2 Å². The van der Waals surface area contributed by atoms with Gasteiger partial charge in [-0.05, 0) is 18.4 Å². The van der Waals surface area contributed by atoms with Crippen LogP contribution in [0.3, 0.4) is 0 Å². The zero-order chi connectivity index (χ0) is 11.1. The van der Waals surface area contributed by atoms with Gasteiger partial charge in [-0.1, -0.05) is 11.3 Å². The van der Waals surface area contributed by atoms with Gasteiger partial charge in [0.1, 0.15) is 0 Å². The summed E-state index contributed by atoms with van der Waals surface area (Å²) in [5.41, 5.74) is 8.96. The van der Waals surface area contributed by atoms with Crippen molar-refractivity contribution in [3.63, 3.8) is 0 Å². The molecule has 3 rings (SSSR count). The highest BCUT2D eigenvalue weighted by molar-refractivity contribution is 7.18. The molecule has 0 radical (unpaired) electrons. The second kappa shape index (κ2) is 3.41. The Hall–Kier alpha value is -1.69. The molecule has 6 heteroatoms. The topological polar surface area (TPSA) is 76.7 Å². The predicted molar refractivity (Wildman–Crippen MR) is 64.5 cm³/mol. The fourth-order valence-corrected chi connectivity index (χ4v) is 2.79. The van der Waals surface area contributed by atoms with Crippen LogP contribution in [-0.2, 0) is 12.8 Å². The first-order valence-corrected chi connectivity index (χ1v) is 5.89. The van der Waals surface area contributed by atoms with Crippen molar-refractivity contribution in [1.82, 2.24) is 15.0 Å². The molecule has 0 aromatic carbocycles. The van der Waals surface area contributed by atoms with Crippen molar-refractivity contribution in [1.29, 1.82) is 0 Å². The summed E-state index contributed by atoms with van der Waals surface area (Å²) in [7, 11) is 1.81. The van der Waals surface area contributed by atoms with Crippen LogP contribution in [0.15, 0.2) is 6.20 Å². The van der Waals surface area contributed by atoms with E-state index in [-0.39, 0.29) is 0 Å². The van der Waals surface area contributed by atoms with Gasteiger partial charge in [-0.2, -0.15) is 0 Å². The third-order valence-corrected chi connectivity index (χ3v) is 3.58. The maximum atomic E-state index is 5.73. The second-order valence-electron chi connectivity index (χ2n) is 3.65. The number of fused-ring (bicyclic) bond motifs is 3. The van der Waals surface area contributed by atoms with Gasteiger partial charge in [-0.3, -0.25) is 0 Å². The van der Waals surface area contributed by atoms with Crippen LogP contribution in [0.25, 0.3) is 10.6 Å². The minimum Gasteiger partial charge on any atom is -0.375 e. The Morgan fingerprint density at radius 1 is 1.38 bits per heavy atom. The Kier molecular flexibility index (Phi) is 2.03. The summed E-state index contributed by atoms with van der Waals surface area (Å²) in [5, 5.41) is 3.56. The van der Waals surface area contributed by atoms with Gasteiger partial charge in [0, 0.05) is 13.2 Å². The molecule has 5 nitrogen and oxygen atoms in total. The van der Waals surface area contributed by atoms with Crippen LogP contribution in [0.1, 0.15) is 11.3 Å². The van der Waals surface area contributed by atoms with E-state index in [1.54, 1.807) is 0 Å². The van der Waals surface area contributed by atoms with Gasteiger partial charge in [0.2, 0.25) is 5.95 Å². The van der Waals surface area contributed by atoms with Crippen molar-refractivity contribution in [2.45, 2.75) is 12.8 Å². The highest BCUT2D eigenvalue weighted by Crippen LogP contribution is 2.37. The van der Waals surface area contributed by atoms with E-state index in [4.69, 9.17) is 5.73 Å². The highest BCUT2D eigenvalue weighted by Gasteiger charge is 2.22. The minimum atomic E-state index is 0.613. The minimum absolute atomic E-state index is 0.613. The van der Waals surface area contributed by atoms with Gasteiger partial charge < -0.3 is 11.1 Å². The highest BCUT2D eigenvalue weighted by atomic mass is 32.1. The molecule has 0 saturated carbocycles. The zero-order valence-corrected chi connectivity index (χ0v) is 9.64. The molecule has 0 amide bonds. The van der Waals surface area contributed by atoms with Gasteiger partial charge >= 0.3 is 0 Å². The quantitative estimate of drug-likeness (QED) is 0.777. The van der Waals surface area contributed by atoms with E-state index in [1.165, 1.54) is 16.9 Å². The molecule has 0 saturated heterocycles. The van der Waals surface area contributed by atoms with Crippen molar-refractivity contribution >= 4 is 22.4 Å². The van der Waals surface area contributed by atoms with Gasteiger partial charge in [-0.25, -0.2) is 15.0 Å². The van der Waals surface area contributed by atoms with E-state index in [9.17, 15) is 0 Å². The van der Waals surface area contributed by atoms with Gasteiger partial charge in [0.15, 0.2) is 5.13 Å². The molecule has 0 bridgehead atoms. The summed E-state index contributed by atoms with van der Waals surface area (Å²) < 4.78 is 0. The van der Waals surface area contributed by atoms with Crippen LogP contribution in [0.4, 0.5) is 11.1 Å². The zero-order valence-electron chi connectivity index (χ0n) is 8.82. The van der Waals surface area contributed by atoms with E-state index in [2.05, 4.69) is 20.3 Å². The summed E-state index contributed by atoms with van der Waals surface area (Å²) in [5.74, 6) is 0.638. The van der Waals surface area contributed by atoms with E-state index in [0.717, 1.165) is 29.1 Å². The number of hydrogen-bond donors (Lipinski definition) is 2. The van der Waals surface area contributed by atoms with Crippen molar-refractivity contribution in [3.05, 3.63) is 17.5 Å². The average Bonchev–Trinajstić information content (AvgIpc) is 2.69. The van der Waals surface area contributed by atoms with Crippen molar-refractivity contribution < 1.29 is 0 Å². The molecule has 0 fully saturated rings. The maximum Gasteiger partial charge on any atom is 0.222 e. The Morgan fingerprint density at radius 3 is 3.06 bits per heavy atom. The Morgan fingerprint density at radius 2 is 2.25 bits per heavy atom. The number of aryl methyl sites for hydroxylation is 2. The first-order chi connectivity index (χ1) is 7.78. The average molecular weight is 233 g/mol. The smallest absolute Gasteiger partial charge is 0.222 e. The fraction of sp³-hybridized carbons (Fsp3) is 0.300. The first kappa shape index (κ1) is 9.53. The molecular weight excluding hydrogens is 222 g/mol. The van der Waals surface area contributed by atoms with E-state index in [0.29, 0.717) is 11.1 Å². The van der Waals surface area contributed by atoms with Gasteiger partial charge in [0.05, 0.1) is 16.3 Å². The molecule has 1 aliphatic rings. The standard InChI is InChI=1S/C10H11N5S/c1-12-10-13-4-5-2-3-6-8(7(5)15-10)16-9(11)14-6/h4H,2-3H2,1H3,(H2,11,14)(H,12,13,15). The molecule has 16 heavy (non-hydrogen) atoms. The Balaban J connectivity index is 2.21. The van der Waals surface area contributed by atoms with Crippen molar-refractivity contribution in [2.75, 3.05) is 18.1 Å². The van der Waals surface area contributed by atoms with Crippen molar-refractivity contribution in [2.24, 2.45) is 0 Å². The van der Waals surface area contributed by atoms with Crippen LogP contribution in [0.2, 0.25) is 0 Å². The Labute approximate surface area is 96.8 Å². The summed E-state index contributed by atoms with van der Waals surface area (Å²) in [6, 6.07) is 0. The van der Waals surface area contributed by atoms with E-state index >= 15 is 0 Å². The number of rotatable bonds is 1. The van der Waals surface area contributed by atoms with Crippen LogP contribution in [-0.4, -0.2) is 22.0 Å². The summed E-state index contributed by atoms with van der Waals surface area (Å²) in [4.78, 5) is 14.1. The van der Waals surface area contributed by atoms with Crippen molar-refractivity contribution in [3.8, 4) is 10.6 Å². The predicted octanol–water partition coefficient (Wildman–Crippen LogP) is 1.32. The normalized spacial score (nSPS) is 13.1. The summed E-state index contributed by atoms with van der Waals surface area (Å²) >= 11 is 1.50. The largest absolute Gasteiger partial charge is 0.375 e. The summed E-state index contributed by atoms with van der Waals surface area (Å²) in [6.07, 6.45) is 3.75. The molecule has 0 spiro atoms. The molecule has 2 aromatic rings. The van der Waals surface area contributed by atoms with Crippen LogP contribution < -0.4 is 11.1 Å². The van der Waals surface area contributed by atoms with Gasteiger partial charge in [-0.15, -0.1) is 0 Å².